The van der Waals surface area contributed by atoms with Crippen LogP contribution in [0.25, 0.3) is 0 Å². The molecule has 0 unspecified atom stereocenters. The van der Waals surface area contributed by atoms with Gasteiger partial charge < -0.3 is 15.9 Å². The Morgan fingerprint density at radius 3 is 2.54 bits per heavy atom. The van der Waals surface area contributed by atoms with Crippen molar-refractivity contribution in [2.24, 2.45) is 0 Å². The van der Waals surface area contributed by atoms with Gasteiger partial charge in [0, 0.05) is 0 Å². The van der Waals surface area contributed by atoms with E-state index >= 15 is 0 Å². The molecule has 0 aliphatic carbocycles. The normalized spacial score (nSPS) is 9.85. The van der Waals surface area contributed by atoms with Gasteiger partial charge in [-0.25, -0.2) is 4.79 Å². The van der Waals surface area contributed by atoms with Crippen LogP contribution in [0.5, 0.6) is 0 Å². The molecule has 13 heavy (non-hydrogen) atoms. The highest BCUT2D eigenvalue weighted by molar-refractivity contribution is 5.95. The fourth-order valence-corrected chi connectivity index (χ4v) is 0.912. The van der Waals surface area contributed by atoms with E-state index < -0.39 is 18.4 Å². The number of rotatable bonds is 3. The second-order valence-corrected chi connectivity index (χ2v) is 2.34. The molecule has 0 aromatic carbocycles. The highest BCUT2D eigenvalue weighted by atomic mass is 16.4. The number of hydrogen-bond donors (Lipinski definition) is 4. The quantitative estimate of drug-likeness (QED) is 0.493. The lowest BCUT2D eigenvalue weighted by Gasteiger charge is -1.94. The van der Waals surface area contributed by atoms with Crippen molar-refractivity contribution in [3.05, 3.63) is 11.3 Å². The molecule has 7 heteroatoms. The molecule has 0 atom stereocenters. The van der Waals surface area contributed by atoms with Crippen LogP contribution in [-0.2, 0) is 11.2 Å². The molecule has 1 aromatic heterocycles. The van der Waals surface area contributed by atoms with E-state index in [0.717, 1.165) is 0 Å². The van der Waals surface area contributed by atoms with Gasteiger partial charge >= 0.3 is 11.9 Å². The van der Waals surface area contributed by atoms with Crippen LogP contribution in [0.4, 0.5) is 5.82 Å². The number of hydrogen-bond acceptors (Lipinski definition) is 4. The third-order valence-electron chi connectivity index (χ3n) is 1.41. The van der Waals surface area contributed by atoms with Crippen molar-refractivity contribution >= 4 is 17.8 Å². The predicted octanol–water partition coefficient (Wildman–Crippen LogP) is -0.683. The molecule has 1 heterocycles. The number of anilines is 1. The van der Waals surface area contributed by atoms with E-state index in [9.17, 15) is 9.59 Å². The number of nitrogen functional groups attached to an aromatic ring is 1. The van der Waals surface area contributed by atoms with Crippen LogP contribution in [-0.4, -0.2) is 32.3 Å². The molecule has 1 rings (SSSR count). The first-order chi connectivity index (χ1) is 6.02. The second-order valence-electron chi connectivity index (χ2n) is 2.34. The highest BCUT2D eigenvalue weighted by Crippen LogP contribution is 2.13. The van der Waals surface area contributed by atoms with Crippen LogP contribution in [0, 0.1) is 0 Å². The predicted molar refractivity (Wildman–Crippen MR) is 41.3 cm³/mol. The van der Waals surface area contributed by atoms with Crippen LogP contribution < -0.4 is 5.73 Å². The molecule has 0 saturated heterocycles. The summed E-state index contributed by atoms with van der Waals surface area (Å²) in [4.78, 5) is 20.8. The molecule has 0 aliphatic heterocycles. The summed E-state index contributed by atoms with van der Waals surface area (Å²) < 4.78 is 0. The number of carbonyl (C=O) groups is 2. The van der Waals surface area contributed by atoms with E-state index in [1.165, 1.54) is 0 Å². The number of carboxylic acid groups (broad SMARTS) is 2. The van der Waals surface area contributed by atoms with Crippen molar-refractivity contribution in [3.63, 3.8) is 0 Å². The molecule has 0 saturated carbocycles. The molecule has 0 bridgehead atoms. The third kappa shape index (κ3) is 1.75. The first-order valence-electron chi connectivity index (χ1n) is 3.30. The van der Waals surface area contributed by atoms with Crippen LogP contribution >= 0.6 is 0 Å². The Morgan fingerprint density at radius 1 is 1.46 bits per heavy atom. The monoisotopic (exact) mass is 185 g/mol. The maximum Gasteiger partial charge on any atom is 0.341 e. The molecular formula is C6H7N3O4. The van der Waals surface area contributed by atoms with Crippen LogP contribution in [0.2, 0.25) is 0 Å². The molecular weight excluding hydrogens is 178 g/mol. The van der Waals surface area contributed by atoms with E-state index in [1.807, 2.05) is 0 Å². The number of aromatic nitrogens is 2. The molecule has 7 nitrogen and oxygen atoms in total. The SMILES string of the molecule is Nc1n[nH]c(CC(=O)O)c1C(=O)O. The highest BCUT2D eigenvalue weighted by Gasteiger charge is 2.19. The van der Waals surface area contributed by atoms with Gasteiger partial charge in [-0.2, -0.15) is 5.10 Å². The number of carboxylic acids is 2. The largest absolute Gasteiger partial charge is 0.481 e. The summed E-state index contributed by atoms with van der Waals surface area (Å²) in [6, 6.07) is 0. The fourth-order valence-electron chi connectivity index (χ4n) is 0.912. The van der Waals surface area contributed by atoms with Crippen molar-refractivity contribution in [2.45, 2.75) is 6.42 Å². The average Bonchev–Trinajstić information content (AvgIpc) is 2.30. The minimum Gasteiger partial charge on any atom is -0.481 e. The van der Waals surface area contributed by atoms with Gasteiger partial charge in [0.2, 0.25) is 0 Å². The molecule has 0 fully saturated rings. The maximum atomic E-state index is 10.6. The first kappa shape index (κ1) is 9.04. The number of nitrogens with two attached hydrogens (primary N) is 1. The fraction of sp³-hybridized carbons (Fsp3) is 0.167. The van der Waals surface area contributed by atoms with Gasteiger partial charge in [0.15, 0.2) is 5.82 Å². The van der Waals surface area contributed by atoms with E-state index in [2.05, 4.69) is 10.2 Å². The van der Waals surface area contributed by atoms with E-state index in [-0.39, 0.29) is 17.1 Å². The Hall–Kier alpha value is -2.05. The van der Waals surface area contributed by atoms with E-state index in [4.69, 9.17) is 15.9 Å². The molecule has 0 radical (unpaired) electrons. The summed E-state index contributed by atoms with van der Waals surface area (Å²) in [7, 11) is 0. The minimum atomic E-state index is -1.29. The van der Waals surface area contributed by atoms with Gasteiger partial charge in [-0.1, -0.05) is 0 Å². The number of aromatic carboxylic acids is 1. The maximum absolute atomic E-state index is 10.6. The topological polar surface area (TPSA) is 129 Å². The summed E-state index contributed by atoms with van der Waals surface area (Å²) in [5.74, 6) is -2.64. The molecule has 5 N–H and O–H groups in total. The van der Waals surface area contributed by atoms with Crippen molar-refractivity contribution in [1.82, 2.24) is 10.2 Å². The van der Waals surface area contributed by atoms with Crippen molar-refractivity contribution < 1.29 is 19.8 Å². The van der Waals surface area contributed by atoms with Gasteiger partial charge in [-0.3, -0.25) is 9.89 Å². The minimum absolute atomic E-state index is 0.00231. The standard InChI is InChI=1S/C6H7N3O4/c7-5-4(6(12)13)2(8-9-5)1-3(10)11/h1H2,(H,10,11)(H,12,13)(H3,7,8,9). The van der Waals surface area contributed by atoms with Crippen LogP contribution in [0.15, 0.2) is 0 Å². The molecule has 0 amide bonds. The van der Waals surface area contributed by atoms with Gasteiger partial charge in [0.1, 0.15) is 5.56 Å². The molecule has 0 aliphatic rings. The summed E-state index contributed by atoms with van der Waals surface area (Å²) in [5, 5.41) is 22.7. The van der Waals surface area contributed by atoms with Gasteiger partial charge in [0.25, 0.3) is 0 Å². The first-order valence-corrected chi connectivity index (χ1v) is 3.30. The number of aliphatic carboxylic acids is 1. The summed E-state index contributed by atoms with van der Waals surface area (Å²) in [6.45, 7) is 0. The number of nitrogens with zero attached hydrogens (tertiary/aromatic N) is 1. The summed E-state index contributed by atoms with van der Waals surface area (Å²) >= 11 is 0. The smallest absolute Gasteiger partial charge is 0.341 e. The lowest BCUT2D eigenvalue weighted by Crippen LogP contribution is -2.07. The summed E-state index contributed by atoms with van der Waals surface area (Å²) in [5.41, 5.74) is 4.92. The van der Waals surface area contributed by atoms with Crippen molar-refractivity contribution in [2.75, 3.05) is 5.73 Å². The second kappa shape index (κ2) is 3.13. The lowest BCUT2D eigenvalue weighted by molar-refractivity contribution is -0.136. The van der Waals surface area contributed by atoms with E-state index in [0.29, 0.717) is 0 Å². The molecule has 1 aromatic rings. The van der Waals surface area contributed by atoms with Crippen LogP contribution in [0.3, 0.4) is 0 Å². The number of aromatic amines is 1. The molecule has 70 valence electrons. The Balaban J connectivity index is 3.07. The zero-order valence-corrected chi connectivity index (χ0v) is 6.44. The van der Waals surface area contributed by atoms with Gasteiger partial charge in [-0.05, 0) is 0 Å². The number of nitrogens with one attached hydrogen (secondary N) is 1. The van der Waals surface area contributed by atoms with Crippen LogP contribution in [0.1, 0.15) is 16.1 Å². The average molecular weight is 185 g/mol. The Bertz CT molecular complexity index is 357. The number of H-pyrrole nitrogens is 1. The van der Waals surface area contributed by atoms with Gasteiger partial charge in [0.05, 0.1) is 12.1 Å². The Labute approximate surface area is 72.2 Å². The van der Waals surface area contributed by atoms with Crippen molar-refractivity contribution in [1.29, 1.82) is 0 Å². The molecule has 0 spiro atoms. The van der Waals surface area contributed by atoms with Crippen molar-refractivity contribution in [3.8, 4) is 0 Å². The lowest BCUT2D eigenvalue weighted by atomic mass is 10.2. The van der Waals surface area contributed by atoms with Gasteiger partial charge in [-0.15, -0.1) is 0 Å². The zero-order chi connectivity index (χ0) is 10.0. The summed E-state index contributed by atoms with van der Waals surface area (Å²) in [6.07, 6.45) is -0.439. The van der Waals surface area contributed by atoms with E-state index in [1.54, 1.807) is 0 Å². The zero-order valence-electron chi connectivity index (χ0n) is 6.44. The Kier molecular flexibility index (Phi) is 2.18. The Morgan fingerprint density at radius 2 is 2.08 bits per heavy atom. The third-order valence-corrected chi connectivity index (χ3v) is 1.41.